The minimum absolute atomic E-state index is 0.0278. The molecule has 0 saturated carbocycles. The summed E-state index contributed by atoms with van der Waals surface area (Å²) in [7, 11) is 0. The van der Waals surface area contributed by atoms with Gasteiger partial charge >= 0.3 is 0 Å². The van der Waals surface area contributed by atoms with Gasteiger partial charge in [-0.15, -0.1) is 10.2 Å². The van der Waals surface area contributed by atoms with Crippen LogP contribution in [0.5, 0.6) is 0 Å². The summed E-state index contributed by atoms with van der Waals surface area (Å²) in [4.78, 5) is 26.5. The van der Waals surface area contributed by atoms with Crippen LogP contribution < -0.4 is 5.32 Å². The third kappa shape index (κ3) is 6.55. The van der Waals surface area contributed by atoms with Gasteiger partial charge in [0.1, 0.15) is 5.82 Å². The molecule has 2 heterocycles. The van der Waals surface area contributed by atoms with Crippen LogP contribution in [-0.4, -0.2) is 50.2 Å². The number of benzene rings is 2. The maximum absolute atomic E-state index is 13.6. The first-order chi connectivity index (χ1) is 16.9. The molecule has 1 aliphatic rings. The summed E-state index contributed by atoms with van der Waals surface area (Å²) < 4.78 is 15.5. The molecule has 3 aromatic rings. The van der Waals surface area contributed by atoms with Crippen molar-refractivity contribution in [3.63, 3.8) is 0 Å². The fraction of sp³-hybridized carbons (Fsp3) is 0.385. The Bertz CT molecular complexity index is 1160. The van der Waals surface area contributed by atoms with Crippen molar-refractivity contribution in [2.75, 3.05) is 18.8 Å². The van der Waals surface area contributed by atoms with Gasteiger partial charge in [0.05, 0.1) is 18.3 Å². The molecule has 0 aliphatic carbocycles. The molecule has 0 spiro atoms. The quantitative estimate of drug-likeness (QED) is 0.346. The predicted molar refractivity (Wildman–Crippen MR) is 134 cm³/mol. The average Bonchev–Trinajstić information content (AvgIpc) is 3.25. The minimum atomic E-state index is -0.306. The van der Waals surface area contributed by atoms with Crippen molar-refractivity contribution in [2.24, 2.45) is 0 Å². The van der Waals surface area contributed by atoms with Crippen molar-refractivity contribution in [1.82, 2.24) is 25.0 Å². The first-order valence-electron chi connectivity index (χ1n) is 11.9. The standard InChI is InChI=1S/C26H30FN5O2S/c1-18(28-19(2)33)20-6-8-21(9-7-20)24(34)17-35-26-30-29-25(16-31-14-4-3-5-15-31)32(26)23-12-10-22(27)11-13-23/h6-13,18H,3-5,14-17H2,1-2H3,(H,28,33)/t18-/m1/s1. The number of Topliss-reactive ketones (excluding diaryl/α,β-unsaturated/α-hetero) is 1. The van der Waals surface area contributed by atoms with Crippen LogP contribution in [0.2, 0.25) is 0 Å². The van der Waals surface area contributed by atoms with E-state index in [9.17, 15) is 14.0 Å². The van der Waals surface area contributed by atoms with Crippen LogP contribution in [0.25, 0.3) is 5.69 Å². The molecule has 2 aromatic carbocycles. The van der Waals surface area contributed by atoms with E-state index < -0.39 is 0 Å². The van der Waals surface area contributed by atoms with E-state index in [0.29, 0.717) is 17.3 Å². The SMILES string of the molecule is CC(=O)N[C@H](C)c1ccc(C(=O)CSc2nnc(CN3CCCCC3)n2-c2ccc(F)cc2)cc1. The first-order valence-corrected chi connectivity index (χ1v) is 12.8. The molecule has 0 unspecified atom stereocenters. The maximum Gasteiger partial charge on any atom is 0.217 e. The largest absolute Gasteiger partial charge is 0.350 e. The Morgan fingerprint density at radius 2 is 1.71 bits per heavy atom. The Kier molecular flexibility index (Phi) is 8.30. The second kappa shape index (κ2) is 11.6. The van der Waals surface area contributed by atoms with Crippen molar-refractivity contribution >= 4 is 23.5 Å². The number of likely N-dealkylation sites (tertiary alicyclic amines) is 1. The molecule has 1 amide bonds. The molecule has 1 saturated heterocycles. The van der Waals surface area contributed by atoms with Crippen LogP contribution >= 0.6 is 11.8 Å². The number of nitrogens with zero attached hydrogens (tertiary/aromatic N) is 4. The number of carbonyl (C=O) groups is 2. The Morgan fingerprint density at radius 3 is 2.37 bits per heavy atom. The third-order valence-electron chi connectivity index (χ3n) is 6.08. The van der Waals surface area contributed by atoms with Gasteiger partial charge in [0, 0.05) is 18.2 Å². The number of thioether (sulfide) groups is 1. The van der Waals surface area contributed by atoms with E-state index in [4.69, 9.17) is 0 Å². The number of rotatable bonds is 9. The van der Waals surface area contributed by atoms with E-state index in [1.807, 2.05) is 23.6 Å². The first kappa shape index (κ1) is 25.1. The van der Waals surface area contributed by atoms with Crippen molar-refractivity contribution in [1.29, 1.82) is 0 Å². The number of carbonyl (C=O) groups excluding carboxylic acids is 2. The molecule has 0 bridgehead atoms. The summed E-state index contributed by atoms with van der Waals surface area (Å²) in [5.74, 6) is 0.549. The van der Waals surface area contributed by atoms with Gasteiger partial charge in [0.15, 0.2) is 16.8 Å². The molecule has 184 valence electrons. The van der Waals surface area contributed by atoms with Crippen LogP contribution in [-0.2, 0) is 11.3 Å². The van der Waals surface area contributed by atoms with Crippen LogP contribution in [0.1, 0.15) is 60.9 Å². The van der Waals surface area contributed by atoms with E-state index in [1.165, 1.54) is 50.1 Å². The van der Waals surface area contributed by atoms with E-state index in [-0.39, 0.29) is 29.3 Å². The van der Waals surface area contributed by atoms with Gasteiger partial charge in [-0.1, -0.05) is 42.4 Å². The molecule has 1 atom stereocenters. The highest BCUT2D eigenvalue weighted by Gasteiger charge is 2.20. The zero-order valence-electron chi connectivity index (χ0n) is 20.0. The fourth-order valence-electron chi connectivity index (χ4n) is 4.22. The second-order valence-electron chi connectivity index (χ2n) is 8.80. The summed E-state index contributed by atoms with van der Waals surface area (Å²) in [6, 6.07) is 13.4. The Morgan fingerprint density at radius 1 is 1.03 bits per heavy atom. The topological polar surface area (TPSA) is 80.1 Å². The molecule has 35 heavy (non-hydrogen) atoms. The number of hydrogen-bond donors (Lipinski definition) is 1. The molecule has 9 heteroatoms. The number of aromatic nitrogens is 3. The highest BCUT2D eigenvalue weighted by atomic mass is 32.2. The Balaban J connectivity index is 1.48. The molecule has 1 aromatic heterocycles. The van der Waals surface area contributed by atoms with E-state index >= 15 is 0 Å². The smallest absolute Gasteiger partial charge is 0.217 e. The lowest BCUT2D eigenvalue weighted by Crippen LogP contribution is -2.30. The normalized spacial score (nSPS) is 15.1. The number of hydrogen-bond acceptors (Lipinski definition) is 6. The van der Waals surface area contributed by atoms with Crippen LogP contribution in [0.3, 0.4) is 0 Å². The van der Waals surface area contributed by atoms with Gasteiger partial charge in [-0.05, 0) is 62.7 Å². The number of nitrogens with one attached hydrogen (secondary N) is 1. The highest BCUT2D eigenvalue weighted by molar-refractivity contribution is 7.99. The Labute approximate surface area is 209 Å². The zero-order chi connectivity index (χ0) is 24.8. The molecular weight excluding hydrogens is 465 g/mol. The monoisotopic (exact) mass is 495 g/mol. The lowest BCUT2D eigenvalue weighted by molar-refractivity contribution is -0.119. The van der Waals surface area contributed by atoms with Crippen molar-refractivity contribution in [3.8, 4) is 5.69 Å². The van der Waals surface area contributed by atoms with E-state index in [0.717, 1.165) is 30.2 Å². The summed E-state index contributed by atoms with van der Waals surface area (Å²) in [6.07, 6.45) is 3.59. The number of amides is 1. The lowest BCUT2D eigenvalue weighted by atomic mass is 10.0. The van der Waals surface area contributed by atoms with Crippen molar-refractivity contribution < 1.29 is 14.0 Å². The number of halogens is 1. The van der Waals surface area contributed by atoms with Crippen LogP contribution in [0.4, 0.5) is 4.39 Å². The van der Waals surface area contributed by atoms with Gasteiger partial charge in [-0.25, -0.2) is 4.39 Å². The summed E-state index contributed by atoms with van der Waals surface area (Å²) in [5, 5.41) is 12.2. The minimum Gasteiger partial charge on any atom is -0.350 e. The van der Waals surface area contributed by atoms with Crippen molar-refractivity contribution in [3.05, 3.63) is 71.3 Å². The number of piperidine rings is 1. The fourth-order valence-corrected chi connectivity index (χ4v) is 5.09. The van der Waals surface area contributed by atoms with E-state index in [2.05, 4.69) is 20.4 Å². The molecule has 1 aliphatic heterocycles. The molecule has 1 fully saturated rings. The molecule has 1 N–H and O–H groups in total. The molecular formula is C26H30FN5O2S. The van der Waals surface area contributed by atoms with Gasteiger partial charge < -0.3 is 5.32 Å². The summed E-state index contributed by atoms with van der Waals surface area (Å²) in [5.41, 5.74) is 2.30. The summed E-state index contributed by atoms with van der Waals surface area (Å²) in [6.45, 7) is 6.08. The lowest BCUT2D eigenvalue weighted by Gasteiger charge is -2.26. The average molecular weight is 496 g/mol. The van der Waals surface area contributed by atoms with Gasteiger partial charge in [0.2, 0.25) is 5.91 Å². The Hall–Kier alpha value is -3.04. The summed E-state index contributed by atoms with van der Waals surface area (Å²) >= 11 is 1.32. The molecule has 4 rings (SSSR count). The second-order valence-corrected chi connectivity index (χ2v) is 9.75. The van der Waals surface area contributed by atoms with Crippen LogP contribution in [0, 0.1) is 5.82 Å². The van der Waals surface area contributed by atoms with Gasteiger partial charge in [0.25, 0.3) is 0 Å². The zero-order valence-corrected chi connectivity index (χ0v) is 20.9. The highest BCUT2D eigenvalue weighted by Crippen LogP contribution is 2.25. The van der Waals surface area contributed by atoms with Gasteiger partial charge in [-0.3, -0.25) is 19.1 Å². The van der Waals surface area contributed by atoms with Crippen LogP contribution in [0.15, 0.2) is 53.7 Å². The molecule has 0 radical (unpaired) electrons. The van der Waals surface area contributed by atoms with E-state index in [1.54, 1.807) is 24.3 Å². The van der Waals surface area contributed by atoms with Gasteiger partial charge in [-0.2, -0.15) is 0 Å². The molecule has 7 nitrogen and oxygen atoms in total. The van der Waals surface area contributed by atoms with Crippen molar-refractivity contribution in [2.45, 2.75) is 50.9 Å². The third-order valence-corrected chi connectivity index (χ3v) is 7.01. The number of ketones is 1. The predicted octanol–water partition coefficient (Wildman–Crippen LogP) is 4.56. The maximum atomic E-state index is 13.6.